The van der Waals surface area contributed by atoms with E-state index in [0.717, 1.165) is 37.7 Å². The number of hydrogen-bond donors (Lipinski definition) is 1. The highest BCUT2D eigenvalue weighted by Gasteiger charge is 2.75. The third-order valence-corrected chi connectivity index (χ3v) is 10.0. The highest BCUT2D eigenvalue weighted by atomic mass is 32.2. The van der Waals surface area contributed by atoms with Gasteiger partial charge in [-0.1, -0.05) is 24.8 Å². The highest BCUT2D eigenvalue weighted by molar-refractivity contribution is 7.86. The molecule has 0 aliphatic heterocycles. The molecule has 0 amide bonds. The van der Waals surface area contributed by atoms with Crippen molar-refractivity contribution in [3.63, 3.8) is 0 Å². The van der Waals surface area contributed by atoms with Gasteiger partial charge in [0.25, 0.3) is 0 Å². The van der Waals surface area contributed by atoms with Crippen LogP contribution in [-0.4, -0.2) is 55.5 Å². The summed E-state index contributed by atoms with van der Waals surface area (Å²) >= 11 is 0. The molecule has 9 nitrogen and oxygen atoms in total. The summed E-state index contributed by atoms with van der Waals surface area (Å²) in [4.78, 5) is 36.9. The Morgan fingerprint density at radius 2 is 1.77 bits per heavy atom. The molecule has 1 N–H and O–H groups in total. The van der Waals surface area contributed by atoms with Crippen molar-refractivity contribution in [2.45, 2.75) is 56.3 Å². The van der Waals surface area contributed by atoms with Crippen molar-refractivity contribution >= 4 is 34.1 Å². The Hall–Kier alpha value is -2.86. The van der Waals surface area contributed by atoms with Crippen LogP contribution in [-0.2, 0) is 33.9 Å². The SMILES string of the molecule is C=Cc1ccc(C(=O)OCC23CC4CC5(C2)C(CC5C4OC(=O)CCC(=O)OCC(F)(F)S(=O)(=O)O)C3)cc1. The number of alkyl halides is 2. The Bertz CT molecular complexity index is 1290. The fourth-order valence-electron chi connectivity index (χ4n) is 7.59. The summed E-state index contributed by atoms with van der Waals surface area (Å²) in [5, 5.41) is -4.63. The van der Waals surface area contributed by atoms with Gasteiger partial charge in [0.15, 0.2) is 6.61 Å². The molecule has 4 fully saturated rings. The van der Waals surface area contributed by atoms with Crippen LogP contribution in [0.3, 0.4) is 0 Å². The lowest BCUT2D eigenvalue weighted by atomic mass is 9.55. The number of carbonyl (C=O) groups is 3. The Kier molecular flexibility index (Phi) is 6.85. The number of rotatable bonds is 11. The topological polar surface area (TPSA) is 133 Å². The van der Waals surface area contributed by atoms with Gasteiger partial charge >= 0.3 is 33.3 Å². The zero-order chi connectivity index (χ0) is 28.2. The Morgan fingerprint density at radius 1 is 1.08 bits per heavy atom. The van der Waals surface area contributed by atoms with Crippen LogP contribution < -0.4 is 0 Å². The number of benzene rings is 1. The Labute approximate surface area is 224 Å². The van der Waals surface area contributed by atoms with E-state index in [-0.39, 0.29) is 34.7 Å². The van der Waals surface area contributed by atoms with Crippen molar-refractivity contribution in [2.75, 3.05) is 13.2 Å². The van der Waals surface area contributed by atoms with E-state index < -0.39 is 46.8 Å². The average molecular weight is 569 g/mol. The molecular weight excluding hydrogens is 538 g/mol. The Morgan fingerprint density at radius 3 is 2.44 bits per heavy atom. The molecule has 0 radical (unpaired) electrons. The summed E-state index contributed by atoms with van der Waals surface area (Å²) in [7, 11) is -5.72. The molecule has 1 aromatic rings. The second-order valence-corrected chi connectivity index (χ2v) is 13.0. The summed E-state index contributed by atoms with van der Waals surface area (Å²) in [5.74, 6) is -1.46. The Balaban J connectivity index is 1.14. The molecule has 4 aliphatic carbocycles. The van der Waals surface area contributed by atoms with E-state index in [1.165, 1.54) is 0 Å². The summed E-state index contributed by atoms with van der Waals surface area (Å²) in [6, 6.07) is 7.02. The smallest absolute Gasteiger partial charge is 0.402 e. The van der Waals surface area contributed by atoms with Gasteiger partial charge in [-0.2, -0.15) is 17.2 Å². The van der Waals surface area contributed by atoms with Crippen molar-refractivity contribution in [3.05, 3.63) is 42.0 Å². The van der Waals surface area contributed by atoms with Gasteiger partial charge in [0, 0.05) is 11.3 Å². The average Bonchev–Trinajstić information content (AvgIpc) is 3.16. The number of hydrogen-bond acceptors (Lipinski definition) is 8. The van der Waals surface area contributed by atoms with Crippen molar-refractivity contribution in [1.82, 2.24) is 0 Å². The number of fused-ring (bicyclic) bond motifs is 2. The van der Waals surface area contributed by atoms with Crippen LogP contribution in [0.2, 0.25) is 0 Å². The molecule has 0 aromatic heterocycles. The second-order valence-electron chi connectivity index (χ2n) is 11.5. The summed E-state index contributed by atoms with van der Waals surface area (Å²) in [5.41, 5.74) is 1.27. The van der Waals surface area contributed by atoms with Crippen molar-refractivity contribution in [1.29, 1.82) is 0 Å². The van der Waals surface area contributed by atoms with Crippen molar-refractivity contribution in [3.8, 4) is 0 Å². The number of halogens is 2. The van der Waals surface area contributed by atoms with Gasteiger partial charge in [0.05, 0.1) is 25.0 Å². The minimum absolute atomic E-state index is 0.0617. The van der Waals surface area contributed by atoms with Gasteiger partial charge in [-0.05, 0) is 67.1 Å². The maximum atomic E-state index is 13.2. The summed E-state index contributed by atoms with van der Waals surface area (Å²) < 4.78 is 71.9. The highest BCUT2D eigenvalue weighted by Crippen LogP contribution is 2.79. The van der Waals surface area contributed by atoms with Gasteiger partial charge in [0.2, 0.25) is 0 Å². The van der Waals surface area contributed by atoms with E-state index in [2.05, 4.69) is 11.3 Å². The first-order chi connectivity index (χ1) is 18.3. The predicted molar refractivity (Wildman–Crippen MR) is 132 cm³/mol. The minimum atomic E-state index is -5.72. The molecule has 1 aromatic carbocycles. The molecule has 5 rings (SSSR count). The first-order valence-corrected chi connectivity index (χ1v) is 14.3. The fraction of sp³-hybridized carbons (Fsp3) is 0.593. The molecule has 212 valence electrons. The van der Waals surface area contributed by atoms with Crippen LogP contribution in [0.4, 0.5) is 8.78 Å². The van der Waals surface area contributed by atoms with Crippen LogP contribution in [0, 0.1) is 28.6 Å². The summed E-state index contributed by atoms with van der Waals surface area (Å²) in [6.45, 7) is 2.16. The van der Waals surface area contributed by atoms with Gasteiger partial charge in [0.1, 0.15) is 6.10 Å². The van der Waals surface area contributed by atoms with E-state index in [4.69, 9.17) is 14.0 Å². The lowest BCUT2D eigenvalue weighted by Crippen LogP contribution is -2.46. The molecule has 0 saturated heterocycles. The second kappa shape index (κ2) is 9.65. The lowest BCUT2D eigenvalue weighted by Gasteiger charge is -2.50. The summed E-state index contributed by atoms with van der Waals surface area (Å²) in [6.07, 6.45) is 4.90. The van der Waals surface area contributed by atoms with Gasteiger partial charge in [-0.3, -0.25) is 14.1 Å². The van der Waals surface area contributed by atoms with Gasteiger partial charge in [-0.15, -0.1) is 0 Å². The molecule has 1 spiro atoms. The van der Waals surface area contributed by atoms with Crippen LogP contribution in [0.25, 0.3) is 6.08 Å². The maximum Gasteiger partial charge on any atom is 0.402 e. The molecule has 6 atom stereocenters. The number of carbonyl (C=O) groups excluding carboxylic acids is 3. The molecule has 12 heteroatoms. The molecule has 39 heavy (non-hydrogen) atoms. The molecule has 4 aliphatic rings. The molecule has 4 saturated carbocycles. The molecular formula is C27H30F2O9S. The van der Waals surface area contributed by atoms with Crippen LogP contribution in [0.15, 0.2) is 30.8 Å². The molecule has 3 bridgehead atoms. The van der Waals surface area contributed by atoms with Crippen molar-refractivity contribution < 1.29 is 50.3 Å². The van der Waals surface area contributed by atoms with E-state index in [0.29, 0.717) is 18.1 Å². The van der Waals surface area contributed by atoms with Crippen LogP contribution in [0.1, 0.15) is 60.9 Å². The van der Waals surface area contributed by atoms with E-state index in [1.807, 2.05) is 0 Å². The first-order valence-electron chi connectivity index (χ1n) is 12.9. The largest absolute Gasteiger partial charge is 0.462 e. The fourth-order valence-corrected chi connectivity index (χ4v) is 7.80. The quantitative estimate of drug-likeness (QED) is 0.239. The minimum Gasteiger partial charge on any atom is -0.462 e. The lowest BCUT2D eigenvalue weighted by molar-refractivity contribution is -0.162. The van der Waals surface area contributed by atoms with E-state index >= 15 is 0 Å². The zero-order valence-electron chi connectivity index (χ0n) is 21.1. The normalized spacial score (nSPS) is 32.2. The number of esters is 3. The van der Waals surface area contributed by atoms with Crippen LogP contribution in [0.5, 0.6) is 0 Å². The van der Waals surface area contributed by atoms with Gasteiger partial charge < -0.3 is 14.2 Å². The molecule has 6 unspecified atom stereocenters. The van der Waals surface area contributed by atoms with Crippen molar-refractivity contribution in [2.24, 2.45) is 28.6 Å². The zero-order valence-corrected chi connectivity index (χ0v) is 22.0. The van der Waals surface area contributed by atoms with Crippen LogP contribution >= 0.6 is 0 Å². The third-order valence-electron chi connectivity index (χ3n) is 9.14. The maximum absolute atomic E-state index is 13.2. The van der Waals surface area contributed by atoms with E-state index in [1.54, 1.807) is 30.3 Å². The van der Waals surface area contributed by atoms with E-state index in [9.17, 15) is 31.6 Å². The predicted octanol–water partition coefficient (Wildman–Crippen LogP) is 4.03. The molecule has 0 heterocycles. The first kappa shape index (κ1) is 27.7. The third kappa shape index (κ3) is 4.97. The monoisotopic (exact) mass is 568 g/mol. The standard InChI is InChI=1S/C27H30F2O9S/c1-2-16-3-5-17(6-4-16)24(32)37-14-25-10-18-11-26(13-25)19(12-25)9-20(26)23(18)38-22(31)8-7-21(30)36-15-27(28,29)39(33,34)35/h2-6,18-20,23H,1,7-15H2,(H,33,34,35). The number of ether oxygens (including phenoxy) is 3. The van der Waals surface area contributed by atoms with Gasteiger partial charge in [-0.25, -0.2) is 4.79 Å².